The summed E-state index contributed by atoms with van der Waals surface area (Å²) in [4.78, 5) is 25.7. The van der Waals surface area contributed by atoms with Crippen LogP contribution >= 0.6 is 0 Å². The molecular formula is C19H16F2N2O4. The number of fused-ring (bicyclic) bond motifs is 1. The molecule has 0 spiro atoms. The number of ether oxygens (including phenoxy) is 2. The van der Waals surface area contributed by atoms with E-state index in [2.05, 4.69) is 10.1 Å². The Morgan fingerprint density at radius 1 is 1.22 bits per heavy atom. The van der Waals surface area contributed by atoms with Gasteiger partial charge in [-0.15, -0.1) is 0 Å². The van der Waals surface area contributed by atoms with E-state index in [4.69, 9.17) is 4.74 Å². The quantitative estimate of drug-likeness (QED) is 0.816. The maximum absolute atomic E-state index is 12.6. The van der Waals surface area contributed by atoms with Crippen molar-refractivity contribution in [3.8, 4) is 11.5 Å². The normalized spacial score (nSPS) is 13.5. The highest BCUT2D eigenvalue weighted by Crippen LogP contribution is 2.31. The second-order valence-electron chi connectivity index (χ2n) is 5.61. The molecule has 1 heterocycles. The summed E-state index contributed by atoms with van der Waals surface area (Å²) < 4.78 is 34.1. The van der Waals surface area contributed by atoms with Gasteiger partial charge >= 0.3 is 6.61 Å². The smallest absolute Gasteiger partial charge is 0.387 e. The molecule has 2 aromatic rings. The zero-order valence-corrected chi connectivity index (χ0v) is 14.3. The van der Waals surface area contributed by atoms with Crippen LogP contribution in [0.4, 0.5) is 20.2 Å². The van der Waals surface area contributed by atoms with E-state index in [1.165, 1.54) is 42.4 Å². The predicted molar refractivity (Wildman–Crippen MR) is 96.1 cm³/mol. The number of amides is 2. The number of carbonyl (C=O) groups excluding carboxylic acids is 2. The van der Waals surface area contributed by atoms with Crippen LogP contribution in [0.15, 0.2) is 48.5 Å². The van der Waals surface area contributed by atoms with E-state index < -0.39 is 6.61 Å². The standard InChI is InChI=1S/C19H16F2N2O4/c1-26-16-10-12(6-8-15(16)27-19(20)21)7-9-18(25)23-11-17(24)22-13-4-2-3-5-14(13)23/h2-10,19H,11H2,1H3,(H,22,24)/b9-7+. The minimum absolute atomic E-state index is 0.0926. The number of rotatable bonds is 5. The second kappa shape index (κ2) is 7.86. The first kappa shape index (κ1) is 18.4. The van der Waals surface area contributed by atoms with Crippen molar-refractivity contribution in [2.24, 2.45) is 0 Å². The third-order valence-corrected chi connectivity index (χ3v) is 3.86. The van der Waals surface area contributed by atoms with Crippen LogP contribution in [0.25, 0.3) is 6.08 Å². The average molecular weight is 374 g/mol. The minimum Gasteiger partial charge on any atom is -0.493 e. The summed E-state index contributed by atoms with van der Waals surface area (Å²) in [6.07, 6.45) is 2.81. The minimum atomic E-state index is -2.97. The maximum Gasteiger partial charge on any atom is 0.387 e. The summed E-state index contributed by atoms with van der Waals surface area (Å²) >= 11 is 0. The van der Waals surface area contributed by atoms with Crippen LogP contribution in [0.5, 0.6) is 11.5 Å². The number of halogens is 2. The topological polar surface area (TPSA) is 67.9 Å². The van der Waals surface area contributed by atoms with Crippen LogP contribution in [0.1, 0.15) is 5.56 Å². The van der Waals surface area contributed by atoms with E-state index in [1.54, 1.807) is 24.3 Å². The Morgan fingerprint density at radius 3 is 2.74 bits per heavy atom. The Morgan fingerprint density at radius 2 is 2.00 bits per heavy atom. The lowest BCUT2D eigenvalue weighted by atomic mass is 10.1. The Balaban J connectivity index is 1.80. The molecule has 0 radical (unpaired) electrons. The van der Waals surface area contributed by atoms with E-state index in [1.807, 2.05) is 0 Å². The monoisotopic (exact) mass is 374 g/mol. The number of methoxy groups -OCH3 is 1. The van der Waals surface area contributed by atoms with Crippen LogP contribution in [0.2, 0.25) is 0 Å². The van der Waals surface area contributed by atoms with Gasteiger partial charge in [0.2, 0.25) is 5.91 Å². The van der Waals surface area contributed by atoms with Gasteiger partial charge in [-0.1, -0.05) is 18.2 Å². The first-order valence-electron chi connectivity index (χ1n) is 7.99. The number of hydrogen-bond donors (Lipinski definition) is 1. The summed E-state index contributed by atoms with van der Waals surface area (Å²) in [5.41, 5.74) is 1.72. The van der Waals surface area contributed by atoms with Gasteiger partial charge in [-0.05, 0) is 35.9 Å². The molecular weight excluding hydrogens is 358 g/mol. The molecule has 1 N–H and O–H groups in total. The number of benzene rings is 2. The van der Waals surface area contributed by atoms with Crippen LogP contribution in [0.3, 0.4) is 0 Å². The van der Waals surface area contributed by atoms with Crippen molar-refractivity contribution >= 4 is 29.3 Å². The lowest BCUT2D eigenvalue weighted by Crippen LogP contribution is -2.41. The van der Waals surface area contributed by atoms with E-state index in [0.29, 0.717) is 16.9 Å². The van der Waals surface area contributed by atoms with Crippen LogP contribution in [0, 0.1) is 0 Å². The zero-order valence-electron chi connectivity index (χ0n) is 14.3. The highest BCUT2D eigenvalue weighted by Gasteiger charge is 2.25. The molecule has 2 amide bonds. The van der Waals surface area contributed by atoms with E-state index in [9.17, 15) is 18.4 Å². The van der Waals surface area contributed by atoms with Gasteiger partial charge in [-0.25, -0.2) is 0 Å². The molecule has 140 valence electrons. The van der Waals surface area contributed by atoms with Crippen LogP contribution < -0.4 is 19.7 Å². The molecule has 1 aliphatic heterocycles. The fraction of sp³-hybridized carbons (Fsp3) is 0.158. The van der Waals surface area contributed by atoms with Gasteiger partial charge in [0, 0.05) is 6.08 Å². The predicted octanol–water partition coefficient (Wildman–Crippen LogP) is 3.30. The fourth-order valence-electron chi connectivity index (χ4n) is 2.67. The third-order valence-electron chi connectivity index (χ3n) is 3.86. The summed E-state index contributed by atoms with van der Waals surface area (Å²) in [6, 6.07) is 11.3. The maximum atomic E-state index is 12.6. The number of carbonyl (C=O) groups is 2. The molecule has 0 aliphatic carbocycles. The van der Waals surface area contributed by atoms with Gasteiger partial charge < -0.3 is 14.8 Å². The number of anilines is 2. The summed E-state index contributed by atoms with van der Waals surface area (Å²) in [5.74, 6) is -0.653. The third kappa shape index (κ3) is 4.22. The van der Waals surface area contributed by atoms with Crippen molar-refractivity contribution < 1.29 is 27.8 Å². The van der Waals surface area contributed by atoms with Gasteiger partial charge in [0.1, 0.15) is 6.54 Å². The average Bonchev–Trinajstić information content (AvgIpc) is 2.65. The van der Waals surface area contributed by atoms with Gasteiger partial charge in [0.15, 0.2) is 11.5 Å². The Hall–Kier alpha value is -3.42. The van der Waals surface area contributed by atoms with Gasteiger partial charge in [0.25, 0.3) is 5.91 Å². The van der Waals surface area contributed by atoms with Gasteiger partial charge in [-0.2, -0.15) is 8.78 Å². The van der Waals surface area contributed by atoms with Crippen molar-refractivity contribution in [2.75, 3.05) is 23.9 Å². The van der Waals surface area contributed by atoms with Crippen molar-refractivity contribution in [1.82, 2.24) is 0 Å². The zero-order chi connectivity index (χ0) is 19.4. The van der Waals surface area contributed by atoms with Gasteiger partial charge in [0.05, 0.1) is 18.5 Å². The highest BCUT2D eigenvalue weighted by molar-refractivity contribution is 6.13. The van der Waals surface area contributed by atoms with Gasteiger partial charge in [-0.3, -0.25) is 14.5 Å². The second-order valence-corrected chi connectivity index (χ2v) is 5.61. The lowest BCUT2D eigenvalue weighted by molar-refractivity contribution is -0.119. The fourth-order valence-corrected chi connectivity index (χ4v) is 2.67. The summed E-state index contributed by atoms with van der Waals surface area (Å²) in [7, 11) is 1.33. The highest BCUT2D eigenvalue weighted by atomic mass is 19.3. The summed E-state index contributed by atoms with van der Waals surface area (Å²) in [6.45, 7) is -3.06. The lowest BCUT2D eigenvalue weighted by Gasteiger charge is -2.28. The molecule has 0 fully saturated rings. The number of alkyl halides is 2. The first-order valence-corrected chi connectivity index (χ1v) is 7.99. The number of nitrogens with one attached hydrogen (secondary N) is 1. The molecule has 27 heavy (non-hydrogen) atoms. The first-order chi connectivity index (χ1) is 13.0. The molecule has 3 rings (SSSR count). The molecule has 2 aromatic carbocycles. The Labute approximate surface area is 154 Å². The Kier molecular flexibility index (Phi) is 5.35. The molecule has 0 saturated heterocycles. The molecule has 0 saturated carbocycles. The summed E-state index contributed by atoms with van der Waals surface area (Å²) in [5, 5.41) is 2.71. The van der Waals surface area contributed by atoms with Crippen molar-refractivity contribution in [1.29, 1.82) is 0 Å². The number of para-hydroxylation sites is 2. The molecule has 0 atom stereocenters. The van der Waals surface area contributed by atoms with E-state index in [-0.39, 0.29) is 29.9 Å². The molecule has 6 nitrogen and oxygen atoms in total. The molecule has 1 aliphatic rings. The SMILES string of the molecule is COc1cc(/C=C/C(=O)N2CC(=O)Nc3ccccc32)ccc1OC(F)F. The number of hydrogen-bond acceptors (Lipinski definition) is 4. The van der Waals surface area contributed by atoms with E-state index in [0.717, 1.165) is 0 Å². The molecule has 0 bridgehead atoms. The number of nitrogens with zero attached hydrogens (tertiary/aromatic N) is 1. The van der Waals surface area contributed by atoms with Crippen molar-refractivity contribution in [2.45, 2.75) is 6.61 Å². The van der Waals surface area contributed by atoms with Crippen molar-refractivity contribution in [3.05, 3.63) is 54.1 Å². The largest absolute Gasteiger partial charge is 0.493 e. The van der Waals surface area contributed by atoms with E-state index >= 15 is 0 Å². The Bertz CT molecular complexity index is 899. The molecule has 8 heteroatoms. The molecule has 0 unspecified atom stereocenters. The van der Waals surface area contributed by atoms with Crippen LogP contribution in [-0.2, 0) is 9.59 Å². The van der Waals surface area contributed by atoms with Crippen molar-refractivity contribution in [3.63, 3.8) is 0 Å². The molecule has 0 aromatic heterocycles. The van der Waals surface area contributed by atoms with Crippen LogP contribution in [-0.4, -0.2) is 32.1 Å².